The van der Waals surface area contributed by atoms with Gasteiger partial charge in [-0.15, -0.1) is 0 Å². The van der Waals surface area contributed by atoms with Crippen molar-refractivity contribution in [1.29, 1.82) is 0 Å². The summed E-state index contributed by atoms with van der Waals surface area (Å²) in [7, 11) is 0. The molecule has 0 fully saturated rings. The van der Waals surface area contributed by atoms with Crippen molar-refractivity contribution in [2.75, 3.05) is 0 Å². The van der Waals surface area contributed by atoms with Crippen LogP contribution in [0.4, 0.5) is 0 Å². The van der Waals surface area contributed by atoms with E-state index in [4.69, 9.17) is 5.73 Å². The number of nitrogens with two attached hydrogens (primary N) is 1. The predicted molar refractivity (Wildman–Crippen MR) is 67.3 cm³/mol. The number of rotatable bonds is 6. The summed E-state index contributed by atoms with van der Waals surface area (Å²) in [6, 6.07) is 0.0610. The van der Waals surface area contributed by atoms with Gasteiger partial charge < -0.3 is 15.6 Å². The zero-order valence-electron chi connectivity index (χ0n) is 11.0. The van der Waals surface area contributed by atoms with Gasteiger partial charge in [-0.25, -0.2) is 4.98 Å². The fourth-order valence-electron chi connectivity index (χ4n) is 1.81. The molecule has 0 spiro atoms. The van der Waals surface area contributed by atoms with Crippen molar-refractivity contribution in [2.45, 2.75) is 46.3 Å². The summed E-state index contributed by atoms with van der Waals surface area (Å²) in [4.78, 5) is 15.6. The number of amides is 1. The maximum absolute atomic E-state index is 11.5. The number of imidazole rings is 1. The number of hydrogen-bond donors (Lipinski definition) is 2. The van der Waals surface area contributed by atoms with Gasteiger partial charge in [0.1, 0.15) is 6.04 Å². The molecule has 1 aromatic heterocycles. The molecule has 96 valence electrons. The van der Waals surface area contributed by atoms with E-state index >= 15 is 0 Å². The fraction of sp³-hybridized carbons (Fsp3) is 0.667. The van der Waals surface area contributed by atoms with Gasteiger partial charge in [-0.2, -0.15) is 0 Å². The van der Waals surface area contributed by atoms with E-state index < -0.39 is 0 Å². The molecule has 1 atom stereocenters. The summed E-state index contributed by atoms with van der Waals surface area (Å²) in [5.41, 5.74) is 6.43. The van der Waals surface area contributed by atoms with Gasteiger partial charge in [-0.1, -0.05) is 27.7 Å². The number of primary amides is 1. The SMILES string of the molecule is CC(C)NCc1cncn1C(C(N)=O)C(C)C. The largest absolute Gasteiger partial charge is 0.368 e. The van der Waals surface area contributed by atoms with E-state index in [0.717, 1.165) is 5.69 Å². The van der Waals surface area contributed by atoms with E-state index in [-0.39, 0.29) is 17.9 Å². The Morgan fingerprint density at radius 2 is 2.12 bits per heavy atom. The molecule has 17 heavy (non-hydrogen) atoms. The number of hydrogen-bond acceptors (Lipinski definition) is 3. The lowest BCUT2D eigenvalue weighted by Gasteiger charge is -2.21. The Balaban J connectivity index is 2.89. The zero-order chi connectivity index (χ0) is 13.0. The fourth-order valence-corrected chi connectivity index (χ4v) is 1.81. The predicted octanol–water partition coefficient (Wildman–Crippen LogP) is 1.06. The Labute approximate surface area is 102 Å². The average molecular weight is 238 g/mol. The Bertz CT molecular complexity index is 370. The lowest BCUT2D eigenvalue weighted by Crippen LogP contribution is -2.32. The lowest BCUT2D eigenvalue weighted by atomic mass is 10.0. The van der Waals surface area contributed by atoms with Crippen molar-refractivity contribution in [2.24, 2.45) is 11.7 Å². The molecule has 0 aliphatic heterocycles. The minimum atomic E-state index is -0.332. The van der Waals surface area contributed by atoms with Gasteiger partial charge in [0.15, 0.2) is 0 Å². The second-order valence-electron chi connectivity index (χ2n) is 4.92. The first-order chi connectivity index (χ1) is 7.93. The standard InChI is InChI=1S/C12H22N4O/c1-8(2)11(12(13)17)16-7-14-5-10(16)6-15-9(3)4/h5,7-9,11,15H,6H2,1-4H3,(H2,13,17). The second kappa shape index (κ2) is 5.82. The van der Waals surface area contributed by atoms with Gasteiger partial charge in [0.05, 0.1) is 12.0 Å². The number of carbonyl (C=O) groups excluding carboxylic acids is 1. The van der Waals surface area contributed by atoms with Crippen LogP contribution in [0.1, 0.15) is 39.4 Å². The van der Waals surface area contributed by atoms with Crippen molar-refractivity contribution in [1.82, 2.24) is 14.9 Å². The van der Waals surface area contributed by atoms with Gasteiger partial charge in [0.25, 0.3) is 0 Å². The highest BCUT2D eigenvalue weighted by Gasteiger charge is 2.23. The molecule has 1 aromatic rings. The smallest absolute Gasteiger partial charge is 0.240 e. The van der Waals surface area contributed by atoms with Crippen LogP contribution in [-0.2, 0) is 11.3 Å². The summed E-state index contributed by atoms with van der Waals surface area (Å²) in [5.74, 6) is -0.164. The molecule has 0 saturated carbocycles. The molecule has 3 N–H and O–H groups in total. The normalized spacial score (nSPS) is 13.3. The number of carbonyl (C=O) groups is 1. The maximum Gasteiger partial charge on any atom is 0.240 e. The molecule has 0 radical (unpaired) electrons. The maximum atomic E-state index is 11.5. The van der Waals surface area contributed by atoms with E-state index in [1.807, 2.05) is 18.4 Å². The summed E-state index contributed by atoms with van der Waals surface area (Å²) in [6.45, 7) is 8.81. The molecule has 1 rings (SSSR count). The van der Waals surface area contributed by atoms with Crippen LogP contribution in [0, 0.1) is 5.92 Å². The number of nitrogens with one attached hydrogen (secondary N) is 1. The molecule has 1 heterocycles. The van der Waals surface area contributed by atoms with Gasteiger partial charge in [-0.05, 0) is 5.92 Å². The van der Waals surface area contributed by atoms with Crippen LogP contribution in [0.25, 0.3) is 0 Å². The van der Waals surface area contributed by atoms with E-state index in [2.05, 4.69) is 24.1 Å². The van der Waals surface area contributed by atoms with Crippen molar-refractivity contribution < 1.29 is 4.79 Å². The first-order valence-corrected chi connectivity index (χ1v) is 5.97. The molecule has 0 saturated heterocycles. The van der Waals surface area contributed by atoms with Crippen LogP contribution in [0.15, 0.2) is 12.5 Å². The third-order valence-corrected chi connectivity index (χ3v) is 2.66. The second-order valence-corrected chi connectivity index (χ2v) is 4.92. The topological polar surface area (TPSA) is 72.9 Å². The highest BCUT2D eigenvalue weighted by Crippen LogP contribution is 2.19. The number of aromatic nitrogens is 2. The highest BCUT2D eigenvalue weighted by molar-refractivity contribution is 5.78. The first kappa shape index (κ1) is 13.7. The quantitative estimate of drug-likeness (QED) is 0.778. The average Bonchev–Trinajstić information content (AvgIpc) is 2.61. The molecule has 0 aliphatic rings. The van der Waals surface area contributed by atoms with Gasteiger partial charge in [0.2, 0.25) is 5.91 Å². The molecule has 0 aromatic carbocycles. The number of nitrogens with zero attached hydrogens (tertiary/aromatic N) is 2. The third-order valence-electron chi connectivity index (χ3n) is 2.66. The van der Waals surface area contributed by atoms with Crippen LogP contribution < -0.4 is 11.1 Å². The van der Waals surface area contributed by atoms with Crippen molar-refractivity contribution in [3.63, 3.8) is 0 Å². The van der Waals surface area contributed by atoms with E-state index in [9.17, 15) is 4.79 Å². The first-order valence-electron chi connectivity index (χ1n) is 5.97. The Morgan fingerprint density at radius 3 is 2.59 bits per heavy atom. The van der Waals surface area contributed by atoms with Crippen molar-refractivity contribution >= 4 is 5.91 Å². The summed E-state index contributed by atoms with van der Waals surface area (Å²) in [5, 5.41) is 3.31. The van der Waals surface area contributed by atoms with Crippen molar-refractivity contribution in [3.8, 4) is 0 Å². The Morgan fingerprint density at radius 1 is 1.47 bits per heavy atom. The molecule has 0 aliphatic carbocycles. The summed E-state index contributed by atoms with van der Waals surface area (Å²) >= 11 is 0. The third kappa shape index (κ3) is 3.56. The molecule has 5 heteroatoms. The minimum Gasteiger partial charge on any atom is -0.368 e. The zero-order valence-corrected chi connectivity index (χ0v) is 11.0. The molecule has 0 bridgehead atoms. The molecular formula is C12H22N4O. The lowest BCUT2D eigenvalue weighted by molar-refractivity contribution is -0.122. The van der Waals surface area contributed by atoms with Gasteiger partial charge in [-0.3, -0.25) is 4.79 Å². The molecular weight excluding hydrogens is 216 g/mol. The van der Waals surface area contributed by atoms with Crippen molar-refractivity contribution in [3.05, 3.63) is 18.2 Å². The molecule has 5 nitrogen and oxygen atoms in total. The molecule has 1 unspecified atom stereocenters. The van der Waals surface area contributed by atoms with E-state index in [0.29, 0.717) is 12.6 Å². The van der Waals surface area contributed by atoms with Crippen LogP contribution in [0.5, 0.6) is 0 Å². The van der Waals surface area contributed by atoms with E-state index in [1.165, 1.54) is 0 Å². The van der Waals surface area contributed by atoms with Crippen LogP contribution in [0.2, 0.25) is 0 Å². The van der Waals surface area contributed by atoms with Gasteiger partial charge in [0, 0.05) is 18.8 Å². The van der Waals surface area contributed by atoms with Crippen LogP contribution in [0.3, 0.4) is 0 Å². The minimum absolute atomic E-state index is 0.152. The summed E-state index contributed by atoms with van der Waals surface area (Å²) < 4.78 is 1.86. The van der Waals surface area contributed by atoms with Crippen LogP contribution in [-0.4, -0.2) is 21.5 Å². The Kier molecular flexibility index (Phi) is 4.69. The van der Waals surface area contributed by atoms with E-state index in [1.54, 1.807) is 12.5 Å². The van der Waals surface area contributed by atoms with Gasteiger partial charge >= 0.3 is 0 Å². The highest BCUT2D eigenvalue weighted by atomic mass is 16.1. The Hall–Kier alpha value is -1.36. The van der Waals surface area contributed by atoms with Crippen LogP contribution >= 0.6 is 0 Å². The molecule has 1 amide bonds. The monoisotopic (exact) mass is 238 g/mol. The summed E-state index contributed by atoms with van der Waals surface area (Å²) in [6.07, 6.45) is 3.44.